The highest BCUT2D eigenvalue weighted by Crippen LogP contribution is 2.31. The molecule has 11 heteroatoms. The largest absolute Gasteiger partial charge is 0.354 e. The smallest absolute Gasteiger partial charge is 0.243 e. The number of nitrogens with zero attached hydrogens (tertiary/aromatic N) is 2. The Morgan fingerprint density at radius 2 is 1.66 bits per heavy atom. The molecular weight excluding hydrogens is 588 g/mol. The van der Waals surface area contributed by atoms with E-state index in [-0.39, 0.29) is 54.9 Å². The molecule has 0 bridgehead atoms. The molecule has 0 saturated heterocycles. The second-order valence-electron chi connectivity index (χ2n) is 9.68. The maximum Gasteiger partial charge on any atom is 0.243 e. The van der Waals surface area contributed by atoms with Gasteiger partial charge in [-0.2, -0.15) is 0 Å². The molecule has 2 amide bonds. The van der Waals surface area contributed by atoms with Crippen molar-refractivity contribution in [2.45, 2.75) is 45.2 Å². The van der Waals surface area contributed by atoms with E-state index >= 15 is 0 Å². The normalized spacial score (nSPS) is 12.0. The summed E-state index contributed by atoms with van der Waals surface area (Å²) in [5, 5.41) is 3.43. The number of halogens is 3. The summed E-state index contributed by atoms with van der Waals surface area (Å²) in [5.41, 5.74) is 1.75. The number of nitrogens with one attached hydrogen (secondary N) is 1. The fourth-order valence-corrected chi connectivity index (χ4v) is 5.77. The topological polar surface area (TPSA) is 86.8 Å². The Labute approximate surface area is 251 Å². The van der Waals surface area contributed by atoms with Crippen molar-refractivity contribution < 1.29 is 22.4 Å². The third kappa shape index (κ3) is 9.73. The lowest BCUT2D eigenvalue weighted by molar-refractivity contribution is -0.141. The van der Waals surface area contributed by atoms with Gasteiger partial charge in [-0.1, -0.05) is 72.6 Å². The van der Waals surface area contributed by atoms with E-state index in [1.807, 2.05) is 37.3 Å². The van der Waals surface area contributed by atoms with E-state index in [2.05, 4.69) is 5.32 Å². The minimum absolute atomic E-state index is 0.0274. The molecule has 7 nitrogen and oxygen atoms in total. The average molecular weight is 623 g/mol. The Morgan fingerprint density at radius 3 is 2.29 bits per heavy atom. The van der Waals surface area contributed by atoms with Gasteiger partial charge in [-0.25, -0.2) is 12.8 Å². The number of sulfonamides is 1. The molecule has 0 saturated carbocycles. The zero-order valence-corrected chi connectivity index (χ0v) is 25.4. The van der Waals surface area contributed by atoms with Gasteiger partial charge in [-0.15, -0.1) is 0 Å². The van der Waals surface area contributed by atoms with Gasteiger partial charge in [0.15, 0.2) is 0 Å². The Balaban J connectivity index is 1.88. The predicted octanol–water partition coefficient (Wildman–Crippen LogP) is 5.85. The number of hydrogen-bond acceptors (Lipinski definition) is 4. The average Bonchev–Trinajstić information content (AvgIpc) is 2.94. The number of amides is 2. The van der Waals surface area contributed by atoms with Crippen LogP contribution in [-0.4, -0.2) is 50.5 Å². The summed E-state index contributed by atoms with van der Waals surface area (Å²) >= 11 is 12.4. The highest BCUT2D eigenvalue weighted by atomic mass is 35.5. The zero-order valence-electron chi connectivity index (χ0n) is 23.0. The number of carbonyl (C=O) groups is 2. The summed E-state index contributed by atoms with van der Waals surface area (Å²) in [4.78, 5) is 28.6. The van der Waals surface area contributed by atoms with Crippen LogP contribution >= 0.6 is 23.2 Å². The van der Waals surface area contributed by atoms with Crippen molar-refractivity contribution in [1.82, 2.24) is 10.2 Å². The van der Waals surface area contributed by atoms with Crippen LogP contribution in [0.3, 0.4) is 0 Å². The second-order valence-corrected chi connectivity index (χ2v) is 12.4. The molecule has 3 aromatic carbocycles. The molecule has 0 radical (unpaired) electrons. The molecule has 0 heterocycles. The Hall–Kier alpha value is -3.14. The second kappa shape index (κ2) is 15.2. The molecule has 41 heavy (non-hydrogen) atoms. The standard InChI is InChI=1S/C30H34Cl2FN3O4S/c1-3-17-34-30(38)28(19-22-8-5-4-6-9-22)35(21-23-11-14-25(33)15-12-23)29(37)10-7-18-36(41(2,39)40)27-20-24(31)13-16-26(27)32/h4-6,8-9,11-16,20,28H,3,7,10,17-19,21H2,1-2H3,(H,34,38)/t28-/m0/s1. The van der Waals surface area contributed by atoms with Crippen molar-refractivity contribution in [2.75, 3.05) is 23.7 Å². The molecule has 0 aliphatic rings. The van der Waals surface area contributed by atoms with E-state index < -0.39 is 21.9 Å². The first-order chi connectivity index (χ1) is 19.5. The number of anilines is 1. The van der Waals surface area contributed by atoms with Gasteiger partial charge in [-0.3, -0.25) is 13.9 Å². The van der Waals surface area contributed by atoms with Crippen LogP contribution in [0.15, 0.2) is 72.8 Å². The van der Waals surface area contributed by atoms with Crippen molar-refractivity contribution in [3.05, 3.63) is 99.8 Å². The number of hydrogen-bond donors (Lipinski definition) is 1. The quantitative estimate of drug-likeness (QED) is 0.245. The first-order valence-corrected chi connectivity index (χ1v) is 15.9. The summed E-state index contributed by atoms with van der Waals surface area (Å²) in [6, 6.07) is 18.8. The van der Waals surface area contributed by atoms with Gasteiger partial charge in [0.05, 0.1) is 17.0 Å². The molecular formula is C30H34Cl2FN3O4S. The van der Waals surface area contributed by atoms with Gasteiger partial charge in [0.2, 0.25) is 21.8 Å². The molecule has 0 aliphatic heterocycles. The van der Waals surface area contributed by atoms with E-state index in [4.69, 9.17) is 23.2 Å². The Bertz CT molecular complexity index is 1420. The van der Waals surface area contributed by atoms with Gasteiger partial charge in [0.25, 0.3) is 0 Å². The van der Waals surface area contributed by atoms with Crippen LogP contribution in [-0.2, 0) is 32.6 Å². The highest BCUT2D eigenvalue weighted by molar-refractivity contribution is 7.92. The fourth-order valence-electron chi connectivity index (χ4n) is 4.37. The third-order valence-electron chi connectivity index (χ3n) is 6.42. The molecule has 0 spiro atoms. The van der Waals surface area contributed by atoms with Gasteiger partial charge < -0.3 is 10.2 Å². The van der Waals surface area contributed by atoms with Crippen LogP contribution in [0.5, 0.6) is 0 Å². The number of benzene rings is 3. The van der Waals surface area contributed by atoms with E-state index in [0.29, 0.717) is 17.1 Å². The van der Waals surface area contributed by atoms with Crippen LogP contribution < -0.4 is 9.62 Å². The molecule has 220 valence electrons. The van der Waals surface area contributed by atoms with Gasteiger partial charge >= 0.3 is 0 Å². The van der Waals surface area contributed by atoms with E-state index in [0.717, 1.165) is 22.5 Å². The highest BCUT2D eigenvalue weighted by Gasteiger charge is 2.30. The Kier molecular flexibility index (Phi) is 12.0. The summed E-state index contributed by atoms with van der Waals surface area (Å²) < 4.78 is 40.0. The number of rotatable bonds is 14. The molecule has 0 aromatic heterocycles. The monoisotopic (exact) mass is 621 g/mol. The van der Waals surface area contributed by atoms with Crippen molar-refractivity contribution in [2.24, 2.45) is 0 Å². The molecule has 3 rings (SSSR count). The van der Waals surface area contributed by atoms with Crippen molar-refractivity contribution in [3.8, 4) is 0 Å². The zero-order chi connectivity index (χ0) is 30.0. The SMILES string of the molecule is CCCNC(=O)[C@H](Cc1ccccc1)N(Cc1ccc(F)cc1)C(=O)CCCN(c1cc(Cl)ccc1Cl)S(C)(=O)=O. The maximum atomic E-state index is 13.8. The molecule has 1 N–H and O–H groups in total. The minimum Gasteiger partial charge on any atom is -0.354 e. The minimum atomic E-state index is -3.74. The lowest BCUT2D eigenvalue weighted by Gasteiger charge is -2.32. The molecule has 0 aliphatic carbocycles. The van der Waals surface area contributed by atoms with Crippen LogP contribution in [0.4, 0.5) is 10.1 Å². The van der Waals surface area contributed by atoms with Crippen LogP contribution in [0.25, 0.3) is 0 Å². The van der Waals surface area contributed by atoms with Crippen LogP contribution in [0.2, 0.25) is 10.0 Å². The van der Waals surface area contributed by atoms with Crippen molar-refractivity contribution in [1.29, 1.82) is 0 Å². The summed E-state index contributed by atoms with van der Waals surface area (Å²) in [5.74, 6) is -1.05. The Morgan fingerprint density at radius 1 is 0.976 bits per heavy atom. The first-order valence-electron chi connectivity index (χ1n) is 13.3. The maximum absolute atomic E-state index is 13.8. The summed E-state index contributed by atoms with van der Waals surface area (Å²) in [6.07, 6.45) is 2.17. The van der Waals surface area contributed by atoms with E-state index in [9.17, 15) is 22.4 Å². The van der Waals surface area contributed by atoms with Crippen LogP contribution in [0, 0.1) is 5.82 Å². The van der Waals surface area contributed by atoms with E-state index in [1.165, 1.54) is 29.2 Å². The van der Waals surface area contributed by atoms with Gasteiger partial charge in [0, 0.05) is 37.5 Å². The molecule has 3 aromatic rings. The van der Waals surface area contributed by atoms with Gasteiger partial charge in [-0.05, 0) is 54.3 Å². The lowest BCUT2D eigenvalue weighted by atomic mass is 10.0. The summed E-state index contributed by atoms with van der Waals surface area (Å²) in [6.45, 7) is 2.44. The van der Waals surface area contributed by atoms with Gasteiger partial charge in [0.1, 0.15) is 11.9 Å². The fraction of sp³-hybridized carbons (Fsp3) is 0.333. The molecule has 0 fully saturated rings. The molecule has 0 unspecified atom stereocenters. The number of carbonyl (C=O) groups excluding carboxylic acids is 2. The summed E-state index contributed by atoms with van der Waals surface area (Å²) in [7, 11) is -3.74. The third-order valence-corrected chi connectivity index (χ3v) is 8.15. The van der Waals surface area contributed by atoms with Crippen molar-refractivity contribution in [3.63, 3.8) is 0 Å². The van der Waals surface area contributed by atoms with Crippen molar-refractivity contribution >= 4 is 50.7 Å². The van der Waals surface area contributed by atoms with Crippen LogP contribution in [0.1, 0.15) is 37.3 Å². The molecule has 1 atom stereocenters. The van der Waals surface area contributed by atoms with E-state index in [1.54, 1.807) is 18.2 Å². The predicted molar refractivity (Wildman–Crippen MR) is 162 cm³/mol. The first kappa shape index (κ1) is 32.4. The lowest BCUT2D eigenvalue weighted by Crippen LogP contribution is -2.50.